The molecule has 2 heterocycles. The molecule has 0 spiro atoms. The second-order valence-electron chi connectivity index (χ2n) is 9.10. The van der Waals surface area contributed by atoms with E-state index in [9.17, 15) is 14.0 Å². The number of hydrogen-bond donors (Lipinski definition) is 0. The number of halogens is 2. The van der Waals surface area contributed by atoms with Gasteiger partial charge in [-0.3, -0.25) is 14.2 Å². The van der Waals surface area contributed by atoms with Gasteiger partial charge in [-0.25, -0.2) is 9.37 Å². The van der Waals surface area contributed by atoms with Gasteiger partial charge >= 0.3 is 0 Å². The van der Waals surface area contributed by atoms with Gasteiger partial charge < -0.3 is 4.90 Å². The second-order valence-corrected chi connectivity index (χ2v) is 10.5. The van der Waals surface area contributed by atoms with Gasteiger partial charge in [0.25, 0.3) is 11.5 Å². The standard InChI is InChI=1S/C28H25ClFN3O2S/c1-17-12-18(2)14-20(13-17)33-27(35)21-9-8-19(26(34)32-10-3-4-11-32)15-25(21)31-28(33)36-16-22-23(29)6-5-7-24(22)30/h5-9,12-15H,3-4,10-11,16H2,1-2H3. The number of carbonyl (C=O) groups excluding carboxylic acids is 1. The normalized spacial score (nSPS) is 13.5. The molecule has 1 fully saturated rings. The molecule has 0 bridgehead atoms. The van der Waals surface area contributed by atoms with E-state index in [2.05, 4.69) is 0 Å². The summed E-state index contributed by atoms with van der Waals surface area (Å²) in [5.74, 6) is -0.266. The molecule has 1 aliphatic rings. The van der Waals surface area contributed by atoms with Crippen LogP contribution in [0.15, 0.2) is 64.5 Å². The molecule has 1 saturated heterocycles. The molecular weight excluding hydrogens is 497 g/mol. The van der Waals surface area contributed by atoms with Crippen LogP contribution in [-0.2, 0) is 5.75 Å². The van der Waals surface area contributed by atoms with Crippen molar-refractivity contribution < 1.29 is 9.18 Å². The van der Waals surface area contributed by atoms with Gasteiger partial charge in [0.2, 0.25) is 0 Å². The maximum atomic E-state index is 14.5. The molecule has 184 valence electrons. The van der Waals surface area contributed by atoms with Crippen LogP contribution in [0.1, 0.15) is 39.9 Å². The number of aryl methyl sites for hydroxylation is 2. The van der Waals surface area contributed by atoms with Gasteiger partial charge in [-0.15, -0.1) is 0 Å². The summed E-state index contributed by atoms with van der Waals surface area (Å²) in [6.45, 7) is 5.42. The summed E-state index contributed by atoms with van der Waals surface area (Å²) in [5, 5.41) is 1.14. The third-order valence-corrected chi connectivity index (χ3v) is 7.67. The highest BCUT2D eigenvalue weighted by molar-refractivity contribution is 7.98. The summed E-state index contributed by atoms with van der Waals surface area (Å²) < 4.78 is 16.0. The summed E-state index contributed by atoms with van der Waals surface area (Å²) in [4.78, 5) is 33.4. The molecule has 3 aromatic carbocycles. The van der Waals surface area contributed by atoms with E-state index in [4.69, 9.17) is 16.6 Å². The molecule has 0 radical (unpaired) electrons. The summed E-state index contributed by atoms with van der Waals surface area (Å²) >= 11 is 7.49. The Morgan fingerprint density at radius 3 is 2.47 bits per heavy atom. The van der Waals surface area contributed by atoms with Crippen molar-refractivity contribution in [2.24, 2.45) is 0 Å². The van der Waals surface area contributed by atoms with Gasteiger partial charge in [-0.1, -0.05) is 35.5 Å². The first kappa shape index (κ1) is 24.5. The molecule has 0 atom stereocenters. The molecule has 5 rings (SSSR count). The number of aromatic nitrogens is 2. The molecule has 1 aliphatic heterocycles. The van der Waals surface area contributed by atoms with Gasteiger partial charge in [-0.2, -0.15) is 0 Å². The molecule has 0 saturated carbocycles. The van der Waals surface area contributed by atoms with Gasteiger partial charge in [0.05, 0.1) is 16.6 Å². The third kappa shape index (κ3) is 4.77. The fraction of sp³-hybridized carbons (Fsp3) is 0.250. The summed E-state index contributed by atoms with van der Waals surface area (Å²) in [5.41, 5.74) is 3.76. The number of carbonyl (C=O) groups is 1. The predicted octanol–water partition coefficient (Wildman–Crippen LogP) is 6.32. The topological polar surface area (TPSA) is 55.2 Å². The van der Waals surface area contributed by atoms with Crippen LogP contribution in [0.4, 0.5) is 4.39 Å². The van der Waals surface area contributed by atoms with Crippen LogP contribution in [0.2, 0.25) is 5.02 Å². The lowest BCUT2D eigenvalue weighted by Gasteiger charge is -2.17. The lowest BCUT2D eigenvalue weighted by Crippen LogP contribution is -2.28. The Hall–Kier alpha value is -3.16. The molecule has 0 unspecified atom stereocenters. The average molecular weight is 522 g/mol. The first-order chi connectivity index (χ1) is 17.3. The highest BCUT2D eigenvalue weighted by Crippen LogP contribution is 2.30. The van der Waals surface area contributed by atoms with Gasteiger partial charge in [0.15, 0.2) is 5.16 Å². The zero-order valence-electron chi connectivity index (χ0n) is 20.1. The summed E-state index contributed by atoms with van der Waals surface area (Å²) in [6.07, 6.45) is 2.00. The Kier molecular flexibility index (Phi) is 6.86. The van der Waals surface area contributed by atoms with Crippen LogP contribution < -0.4 is 5.56 Å². The number of benzene rings is 3. The van der Waals surface area contributed by atoms with Gasteiger partial charge in [0.1, 0.15) is 5.82 Å². The van der Waals surface area contributed by atoms with Gasteiger partial charge in [-0.05, 0) is 80.3 Å². The maximum absolute atomic E-state index is 14.5. The number of thioether (sulfide) groups is 1. The van der Waals surface area contributed by atoms with Crippen molar-refractivity contribution in [1.82, 2.24) is 14.5 Å². The van der Waals surface area contributed by atoms with E-state index in [1.807, 2.05) is 36.9 Å². The number of hydrogen-bond acceptors (Lipinski definition) is 4. The van der Waals surface area contributed by atoms with E-state index in [1.54, 1.807) is 34.9 Å². The minimum absolute atomic E-state index is 0.0537. The number of fused-ring (bicyclic) bond motifs is 1. The van der Waals surface area contributed by atoms with E-state index < -0.39 is 5.82 Å². The van der Waals surface area contributed by atoms with Crippen molar-refractivity contribution in [2.75, 3.05) is 13.1 Å². The van der Waals surface area contributed by atoms with Crippen molar-refractivity contribution in [3.05, 3.63) is 98.0 Å². The monoisotopic (exact) mass is 521 g/mol. The zero-order valence-corrected chi connectivity index (χ0v) is 21.6. The lowest BCUT2D eigenvalue weighted by molar-refractivity contribution is 0.0793. The van der Waals surface area contributed by atoms with E-state index in [0.717, 1.165) is 37.1 Å². The van der Waals surface area contributed by atoms with Crippen molar-refractivity contribution in [3.8, 4) is 5.69 Å². The maximum Gasteiger partial charge on any atom is 0.266 e. The minimum Gasteiger partial charge on any atom is -0.339 e. The Labute approximate surface area is 217 Å². The highest BCUT2D eigenvalue weighted by Gasteiger charge is 2.21. The predicted molar refractivity (Wildman–Crippen MR) is 143 cm³/mol. The van der Waals surface area contributed by atoms with Gasteiger partial charge in [0, 0.05) is 35.0 Å². The van der Waals surface area contributed by atoms with Crippen molar-refractivity contribution in [1.29, 1.82) is 0 Å². The first-order valence-electron chi connectivity index (χ1n) is 11.8. The number of amides is 1. The molecule has 5 nitrogen and oxygen atoms in total. The average Bonchev–Trinajstić information content (AvgIpc) is 3.37. The molecule has 1 aromatic heterocycles. The zero-order chi connectivity index (χ0) is 25.4. The second kappa shape index (κ2) is 10.1. The minimum atomic E-state index is -0.408. The molecule has 8 heteroatoms. The molecule has 0 aliphatic carbocycles. The number of nitrogens with zero attached hydrogens (tertiary/aromatic N) is 3. The largest absolute Gasteiger partial charge is 0.339 e. The molecule has 0 N–H and O–H groups in total. The van der Waals surface area contributed by atoms with Crippen LogP contribution in [0.5, 0.6) is 0 Å². The number of likely N-dealkylation sites (tertiary alicyclic amines) is 1. The van der Waals surface area contributed by atoms with E-state index in [1.165, 1.54) is 17.8 Å². The lowest BCUT2D eigenvalue weighted by atomic mass is 10.1. The number of rotatable bonds is 5. The van der Waals surface area contributed by atoms with Crippen LogP contribution in [-0.4, -0.2) is 33.4 Å². The van der Waals surface area contributed by atoms with E-state index in [0.29, 0.717) is 37.9 Å². The van der Waals surface area contributed by atoms with Crippen LogP contribution in [0.25, 0.3) is 16.6 Å². The fourth-order valence-electron chi connectivity index (χ4n) is 4.61. The van der Waals surface area contributed by atoms with Crippen molar-refractivity contribution >= 4 is 40.2 Å². The molecule has 4 aromatic rings. The van der Waals surface area contributed by atoms with Crippen LogP contribution in [0.3, 0.4) is 0 Å². The van der Waals surface area contributed by atoms with E-state index >= 15 is 0 Å². The Morgan fingerprint density at radius 2 is 1.78 bits per heavy atom. The quantitative estimate of drug-likeness (QED) is 0.228. The molecule has 1 amide bonds. The van der Waals surface area contributed by atoms with Crippen molar-refractivity contribution in [2.45, 2.75) is 37.6 Å². The SMILES string of the molecule is Cc1cc(C)cc(-n2c(SCc3c(F)cccc3Cl)nc3cc(C(=O)N4CCCC4)ccc3c2=O)c1. The summed E-state index contributed by atoms with van der Waals surface area (Å²) in [7, 11) is 0. The molecule has 36 heavy (non-hydrogen) atoms. The first-order valence-corrected chi connectivity index (χ1v) is 13.2. The Balaban J connectivity index is 1.64. The van der Waals surface area contributed by atoms with Crippen LogP contribution in [0, 0.1) is 19.7 Å². The van der Waals surface area contributed by atoms with Crippen LogP contribution >= 0.6 is 23.4 Å². The fourth-order valence-corrected chi connectivity index (χ4v) is 5.97. The van der Waals surface area contributed by atoms with E-state index in [-0.39, 0.29) is 17.2 Å². The highest BCUT2D eigenvalue weighted by atomic mass is 35.5. The van der Waals surface area contributed by atoms with Crippen molar-refractivity contribution in [3.63, 3.8) is 0 Å². The Morgan fingerprint density at radius 1 is 1.06 bits per heavy atom. The third-order valence-electron chi connectivity index (χ3n) is 6.35. The summed E-state index contributed by atoms with van der Waals surface area (Å²) in [6, 6.07) is 15.5. The Bertz CT molecular complexity index is 1510. The molecular formula is C28H25ClFN3O2S. The smallest absolute Gasteiger partial charge is 0.266 e.